The van der Waals surface area contributed by atoms with Gasteiger partial charge in [0.15, 0.2) is 0 Å². The maximum absolute atomic E-state index is 12.6. The average Bonchev–Trinajstić information content (AvgIpc) is 2.95. The van der Waals surface area contributed by atoms with Crippen molar-refractivity contribution in [1.29, 1.82) is 5.26 Å². The van der Waals surface area contributed by atoms with Gasteiger partial charge in [-0.05, 0) is 18.6 Å². The summed E-state index contributed by atoms with van der Waals surface area (Å²) < 4.78 is 38.8. The Morgan fingerprint density at radius 1 is 1.45 bits per heavy atom. The van der Waals surface area contributed by atoms with E-state index in [-0.39, 0.29) is 34.4 Å². The van der Waals surface area contributed by atoms with Crippen LogP contribution < -0.4 is 4.72 Å². The molecule has 2 aliphatic rings. The maximum atomic E-state index is 12.6. The van der Waals surface area contributed by atoms with Gasteiger partial charge in [-0.2, -0.15) is 5.26 Å². The Labute approximate surface area is 130 Å². The molecule has 0 unspecified atom stereocenters. The molecular formula is C15H18N2O4S. The molecule has 0 bridgehead atoms. The standard InChI is InChI=1S/C15H18N2O4S/c1-20-9-12-14(11-6-7-21-15(11)12)17-22(18,19)13-5-3-2-4-10(13)8-16/h2-5,11-12,14-15,17H,6-7,9H2,1H3/t11-,12+,14-,15-/m1/s1. The van der Waals surface area contributed by atoms with Crippen LogP contribution in [0.4, 0.5) is 0 Å². The second-order valence-electron chi connectivity index (χ2n) is 5.66. The first kappa shape index (κ1) is 15.4. The summed E-state index contributed by atoms with van der Waals surface area (Å²) in [4.78, 5) is 0.0241. The van der Waals surface area contributed by atoms with E-state index in [1.165, 1.54) is 12.1 Å². The number of ether oxygens (including phenoxy) is 2. The van der Waals surface area contributed by atoms with Crippen LogP contribution in [0.15, 0.2) is 29.2 Å². The SMILES string of the molecule is COC[C@H]1[C@H](NS(=O)(=O)c2ccccc2C#N)[C@H]2CCO[C@H]21. The summed E-state index contributed by atoms with van der Waals surface area (Å²) in [6, 6.07) is 7.94. The minimum absolute atomic E-state index is 0.0153. The van der Waals surface area contributed by atoms with Gasteiger partial charge in [0.1, 0.15) is 6.07 Å². The molecule has 1 aliphatic heterocycles. The molecule has 0 spiro atoms. The molecule has 1 heterocycles. The van der Waals surface area contributed by atoms with Gasteiger partial charge in [-0.25, -0.2) is 13.1 Å². The normalized spacial score (nSPS) is 30.4. The second-order valence-corrected chi connectivity index (χ2v) is 7.34. The zero-order chi connectivity index (χ0) is 15.7. The highest BCUT2D eigenvalue weighted by atomic mass is 32.2. The molecule has 1 saturated carbocycles. The summed E-state index contributed by atoms with van der Waals surface area (Å²) in [6.45, 7) is 1.11. The van der Waals surface area contributed by atoms with Crippen molar-refractivity contribution in [2.75, 3.05) is 20.3 Å². The van der Waals surface area contributed by atoms with Crippen LogP contribution in [0.1, 0.15) is 12.0 Å². The number of nitrogens with one attached hydrogen (secondary N) is 1. The van der Waals surface area contributed by atoms with Gasteiger partial charge < -0.3 is 9.47 Å². The van der Waals surface area contributed by atoms with E-state index in [0.29, 0.717) is 13.2 Å². The number of nitriles is 1. The lowest BCUT2D eigenvalue weighted by Gasteiger charge is -2.47. The second kappa shape index (κ2) is 5.97. The van der Waals surface area contributed by atoms with E-state index in [1.54, 1.807) is 19.2 Å². The van der Waals surface area contributed by atoms with Gasteiger partial charge in [-0.1, -0.05) is 12.1 Å². The lowest BCUT2D eigenvalue weighted by Crippen LogP contribution is -2.62. The van der Waals surface area contributed by atoms with E-state index in [2.05, 4.69) is 4.72 Å². The van der Waals surface area contributed by atoms with E-state index in [1.807, 2.05) is 6.07 Å². The van der Waals surface area contributed by atoms with Crippen molar-refractivity contribution in [1.82, 2.24) is 4.72 Å². The van der Waals surface area contributed by atoms with Crippen molar-refractivity contribution in [3.8, 4) is 6.07 Å². The maximum Gasteiger partial charge on any atom is 0.242 e. The fraction of sp³-hybridized carbons (Fsp3) is 0.533. The Hall–Kier alpha value is -1.46. The van der Waals surface area contributed by atoms with E-state index < -0.39 is 10.0 Å². The summed E-state index contributed by atoms with van der Waals surface area (Å²) in [5, 5.41) is 9.09. The molecule has 1 aliphatic carbocycles. The van der Waals surface area contributed by atoms with Crippen molar-refractivity contribution in [3.63, 3.8) is 0 Å². The smallest absolute Gasteiger partial charge is 0.242 e. The molecule has 0 amide bonds. The summed E-state index contributed by atoms with van der Waals surface area (Å²) in [7, 11) is -2.14. The summed E-state index contributed by atoms with van der Waals surface area (Å²) in [5.41, 5.74) is 0.150. The van der Waals surface area contributed by atoms with Crippen molar-refractivity contribution < 1.29 is 17.9 Å². The van der Waals surface area contributed by atoms with E-state index in [0.717, 1.165) is 6.42 Å². The zero-order valence-electron chi connectivity index (χ0n) is 12.2. The molecule has 1 aromatic rings. The monoisotopic (exact) mass is 322 g/mol. The summed E-state index contributed by atoms with van der Waals surface area (Å²) in [5.74, 6) is 0.200. The number of fused-ring (bicyclic) bond motifs is 1. The molecule has 3 rings (SSSR count). The van der Waals surface area contributed by atoms with Crippen molar-refractivity contribution in [2.24, 2.45) is 11.8 Å². The van der Waals surface area contributed by atoms with Gasteiger partial charge in [0, 0.05) is 31.6 Å². The van der Waals surface area contributed by atoms with Crippen LogP contribution in [0.3, 0.4) is 0 Å². The summed E-state index contributed by atoms with van der Waals surface area (Å²) in [6.07, 6.45) is 0.914. The highest BCUT2D eigenvalue weighted by Gasteiger charge is 2.55. The van der Waals surface area contributed by atoms with Crippen LogP contribution in [0, 0.1) is 23.2 Å². The first-order valence-electron chi connectivity index (χ1n) is 7.20. The Morgan fingerprint density at radius 3 is 2.95 bits per heavy atom. The number of nitrogens with zero attached hydrogens (tertiary/aromatic N) is 1. The van der Waals surface area contributed by atoms with Crippen LogP contribution >= 0.6 is 0 Å². The topological polar surface area (TPSA) is 88.4 Å². The molecule has 22 heavy (non-hydrogen) atoms. The van der Waals surface area contributed by atoms with Crippen molar-refractivity contribution >= 4 is 10.0 Å². The first-order chi connectivity index (χ1) is 10.6. The molecule has 6 nitrogen and oxygen atoms in total. The third kappa shape index (κ3) is 2.52. The van der Waals surface area contributed by atoms with Gasteiger partial charge in [-0.3, -0.25) is 0 Å². The zero-order valence-corrected chi connectivity index (χ0v) is 13.0. The van der Waals surface area contributed by atoms with Gasteiger partial charge in [0.25, 0.3) is 0 Å². The third-order valence-corrected chi connectivity index (χ3v) is 5.99. The fourth-order valence-corrected chi connectivity index (χ4v) is 4.93. The Kier molecular flexibility index (Phi) is 4.19. The van der Waals surface area contributed by atoms with Gasteiger partial charge in [-0.15, -0.1) is 0 Å². The van der Waals surface area contributed by atoms with Crippen LogP contribution in [0.25, 0.3) is 0 Å². The molecule has 1 N–H and O–H groups in total. The van der Waals surface area contributed by atoms with Crippen LogP contribution in [0.5, 0.6) is 0 Å². The highest BCUT2D eigenvalue weighted by Crippen LogP contribution is 2.44. The first-order valence-corrected chi connectivity index (χ1v) is 8.69. The number of methoxy groups -OCH3 is 1. The quantitative estimate of drug-likeness (QED) is 0.869. The predicted octanol–water partition coefficient (Wildman–Crippen LogP) is 0.886. The predicted molar refractivity (Wildman–Crippen MR) is 78.5 cm³/mol. The van der Waals surface area contributed by atoms with E-state index in [4.69, 9.17) is 14.7 Å². The average molecular weight is 322 g/mol. The molecule has 0 radical (unpaired) electrons. The molecular weight excluding hydrogens is 304 g/mol. The summed E-state index contributed by atoms with van der Waals surface area (Å²) >= 11 is 0. The largest absolute Gasteiger partial charge is 0.384 e. The van der Waals surface area contributed by atoms with Crippen LogP contribution in [0.2, 0.25) is 0 Å². The third-order valence-electron chi connectivity index (χ3n) is 4.48. The number of benzene rings is 1. The van der Waals surface area contributed by atoms with Gasteiger partial charge >= 0.3 is 0 Å². The van der Waals surface area contributed by atoms with Crippen LogP contribution in [-0.4, -0.2) is 40.9 Å². The molecule has 1 aromatic carbocycles. The molecule has 2 fully saturated rings. The molecule has 7 heteroatoms. The Balaban J connectivity index is 1.83. The molecule has 0 aromatic heterocycles. The van der Waals surface area contributed by atoms with Gasteiger partial charge in [0.05, 0.1) is 23.2 Å². The van der Waals surface area contributed by atoms with Crippen LogP contribution in [-0.2, 0) is 19.5 Å². The number of rotatable bonds is 5. The minimum Gasteiger partial charge on any atom is -0.384 e. The minimum atomic E-state index is -3.74. The number of hydrogen-bond acceptors (Lipinski definition) is 5. The number of hydrogen-bond donors (Lipinski definition) is 1. The van der Waals surface area contributed by atoms with Crippen molar-refractivity contribution in [3.05, 3.63) is 29.8 Å². The Morgan fingerprint density at radius 2 is 2.23 bits per heavy atom. The van der Waals surface area contributed by atoms with Gasteiger partial charge in [0.2, 0.25) is 10.0 Å². The van der Waals surface area contributed by atoms with E-state index in [9.17, 15) is 8.42 Å². The number of sulfonamides is 1. The lowest BCUT2D eigenvalue weighted by molar-refractivity contribution is -0.0775. The fourth-order valence-electron chi connectivity index (χ4n) is 3.43. The molecule has 1 saturated heterocycles. The molecule has 4 atom stereocenters. The van der Waals surface area contributed by atoms with E-state index >= 15 is 0 Å². The lowest BCUT2D eigenvalue weighted by atomic mass is 9.68. The van der Waals surface area contributed by atoms with Crippen molar-refractivity contribution in [2.45, 2.75) is 23.5 Å². The highest BCUT2D eigenvalue weighted by molar-refractivity contribution is 7.89. The Bertz CT molecular complexity index is 698. The molecule has 118 valence electrons.